The lowest BCUT2D eigenvalue weighted by molar-refractivity contribution is -0.462. The van der Waals surface area contributed by atoms with Gasteiger partial charge in [0, 0.05) is 35.5 Å². The van der Waals surface area contributed by atoms with E-state index in [1.807, 2.05) is 0 Å². The van der Waals surface area contributed by atoms with E-state index in [-0.39, 0.29) is 0 Å². The lowest BCUT2D eigenvalue weighted by Crippen LogP contribution is -2.49. The molecule has 0 unspecified atom stereocenters. The number of anilines is 1. The third-order valence-electron chi connectivity index (χ3n) is 6.04. The van der Waals surface area contributed by atoms with Crippen LogP contribution in [0.15, 0.2) is 71.5 Å². The van der Waals surface area contributed by atoms with Gasteiger partial charge in [0.1, 0.15) is 22.2 Å². The van der Waals surface area contributed by atoms with Crippen LogP contribution in [0.5, 0.6) is 0 Å². The minimum Gasteiger partial charge on any atom is -0.378 e. The molecule has 4 heteroatoms. The number of hydrogen-bond acceptors (Lipinski definition) is 1. The molecular weight excluding hydrogens is 483 g/mol. The number of benzene rings is 2. The Bertz CT molecular complexity index is 1130. The lowest BCUT2D eigenvalue weighted by Gasteiger charge is -2.38. The first kappa shape index (κ1) is 20.4. The summed E-state index contributed by atoms with van der Waals surface area (Å²) in [7, 11) is 6.65. The third kappa shape index (κ3) is 3.46. The van der Waals surface area contributed by atoms with E-state index in [1.54, 1.807) is 0 Å². The molecule has 0 atom stereocenters. The highest BCUT2D eigenvalue weighted by Gasteiger charge is 2.40. The molecule has 0 spiro atoms. The summed E-state index contributed by atoms with van der Waals surface area (Å²) < 4.78 is 3.48. The Balaban J connectivity index is 2.09. The Morgan fingerprint density at radius 3 is 2.38 bits per heavy atom. The number of rotatable bonds is 2. The standard InChI is InChI=1S/C25H28IN2Si/c1-27(2)19-10-12-21-23(15-19)29(5,6)24-16-20(28(3)4)11-13-22(24)25(21)17-8-7-9-18(26)14-17/h7-16H,1-6H3/q+1. The molecule has 2 aliphatic rings. The molecule has 0 amide bonds. The molecular formula is C25H28IN2Si+. The van der Waals surface area contributed by atoms with Gasteiger partial charge < -0.3 is 4.90 Å². The topological polar surface area (TPSA) is 6.25 Å². The quantitative estimate of drug-likeness (QED) is 0.318. The highest BCUT2D eigenvalue weighted by Crippen LogP contribution is 2.41. The molecule has 1 aliphatic carbocycles. The Morgan fingerprint density at radius 1 is 0.966 bits per heavy atom. The molecule has 2 nitrogen and oxygen atoms in total. The zero-order chi connectivity index (χ0) is 20.9. The molecule has 2 aromatic carbocycles. The normalized spacial score (nSPS) is 16.9. The van der Waals surface area contributed by atoms with Crippen LogP contribution >= 0.6 is 22.6 Å². The first-order valence-corrected chi connectivity index (χ1v) is 14.1. The van der Waals surface area contributed by atoms with Crippen LogP contribution in [0.4, 0.5) is 5.69 Å². The molecule has 0 fully saturated rings. The van der Waals surface area contributed by atoms with E-state index >= 15 is 0 Å². The summed E-state index contributed by atoms with van der Waals surface area (Å²) in [6, 6.07) is 15.9. The molecule has 148 valence electrons. The summed E-state index contributed by atoms with van der Waals surface area (Å²) in [5.74, 6) is 0. The molecule has 29 heavy (non-hydrogen) atoms. The number of allylic oxidation sites excluding steroid dienone is 5. The fourth-order valence-electron chi connectivity index (χ4n) is 4.34. The van der Waals surface area contributed by atoms with Crippen molar-refractivity contribution < 1.29 is 4.58 Å². The van der Waals surface area contributed by atoms with E-state index in [1.165, 1.54) is 47.6 Å². The van der Waals surface area contributed by atoms with Gasteiger partial charge in [-0.05, 0) is 85.6 Å². The second kappa shape index (κ2) is 7.40. The van der Waals surface area contributed by atoms with E-state index in [0.29, 0.717) is 0 Å². The first-order chi connectivity index (χ1) is 13.7. The number of hydrogen-bond donors (Lipinski definition) is 0. The molecule has 4 rings (SSSR count). The van der Waals surface area contributed by atoms with Crippen LogP contribution in [0, 0.1) is 3.57 Å². The predicted octanol–water partition coefficient (Wildman–Crippen LogP) is 4.84. The molecule has 0 radical (unpaired) electrons. The third-order valence-corrected chi connectivity index (χ3v) is 10.2. The smallest absolute Gasteiger partial charge is 0.199 e. The summed E-state index contributed by atoms with van der Waals surface area (Å²) in [6.45, 7) is 4.99. The summed E-state index contributed by atoms with van der Waals surface area (Å²) in [6.07, 6.45) is 7.04. The van der Waals surface area contributed by atoms with Crippen molar-refractivity contribution in [3.05, 3.63) is 86.2 Å². The zero-order valence-electron chi connectivity index (χ0n) is 18.0. The fraction of sp³-hybridized carbons (Fsp3) is 0.240. The predicted molar refractivity (Wildman–Crippen MR) is 137 cm³/mol. The first-order valence-electron chi connectivity index (χ1n) is 9.97. The molecule has 0 bridgehead atoms. The zero-order valence-corrected chi connectivity index (χ0v) is 21.2. The molecule has 1 heterocycles. The van der Waals surface area contributed by atoms with Crippen molar-refractivity contribution in [2.24, 2.45) is 0 Å². The van der Waals surface area contributed by atoms with Gasteiger partial charge in [-0.2, -0.15) is 0 Å². The average molecular weight is 512 g/mol. The monoisotopic (exact) mass is 511 g/mol. The van der Waals surface area contributed by atoms with E-state index < -0.39 is 8.07 Å². The molecule has 0 aromatic heterocycles. The Morgan fingerprint density at radius 2 is 1.72 bits per heavy atom. The Kier molecular flexibility index (Phi) is 5.19. The number of nitrogens with zero attached hydrogens (tertiary/aromatic N) is 2. The molecule has 0 N–H and O–H groups in total. The maximum Gasteiger partial charge on any atom is 0.199 e. The Hall–Kier alpha value is -1.92. The van der Waals surface area contributed by atoms with Crippen LogP contribution in [0.2, 0.25) is 13.1 Å². The van der Waals surface area contributed by atoms with Crippen molar-refractivity contribution in [3.63, 3.8) is 0 Å². The molecule has 0 saturated carbocycles. The van der Waals surface area contributed by atoms with Gasteiger partial charge in [-0.1, -0.05) is 31.3 Å². The highest BCUT2D eigenvalue weighted by atomic mass is 127. The second-order valence-electron chi connectivity index (χ2n) is 8.76. The maximum atomic E-state index is 2.50. The number of halogens is 1. The fourth-order valence-corrected chi connectivity index (χ4v) is 7.95. The van der Waals surface area contributed by atoms with Crippen LogP contribution < -0.4 is 10.1 Å². The van der Waals surface area contributed by atoms with E-state index in [4.69, 9.17) is 0 Å². The van der Waals surface area contributed by atoms with Gasteiger partial charge in [-0.25, -0.2) is 4.58 Å². The molecule has 1 aliphatic heterocycles. The van der Waals surface area contributed by atoms with Gasteiger partial charge in [-0.15, -0.1) is 0 Å². The van der Waals surface area contributed by atoms with Gasteiger partial charge in [-0.3, -0.25) is 0 Å². The summed E-state index contributed by atoms with van der Waals surface area (Å²) in [5, 5.41) is 3.06. The largest absolute Gasteiger partial charge is 0.378 e. The second-order valence-corrected chi connectivity index (χ2v) is 14.3. The van der Waals surface area contributed by atoms with Crippen LogP contribution in [-0.2, 0) is 0 Å². The van der Waals surface area contributed by atoms with Gasteiger partial charge in [0.25, 0.3) is 0 Å². The van der Waals surface area contributed by atoms with E-state index in [9.17, 15) is 0 Å². The summed E-state index contributed by atoms with van der Waals surface area (Å²) in [4.78, 5) is 2.21. The lowest BCUT2D eigenvalue weighted by atomic mass is 9.89. The van der Waals surface area contributed by atoms with Crippen LogP contribution in [0.3, 0.4) is 0 Å². The maximum absolute atomic E-state index is 2.50. The summed E-state index contributed by atoms with van der Waals surface area (Å²) in [5.41, 5.74) is 8.03. The molecule has 0 saturated heterocycles. The minimum atomic E-state index is -1.85. The minimum absolute atomic E-state index is 1.27. The SMILES string of the molecule is CN(C)c1ccc2c(c1)[Si](C)(C)C1=CC(=[N+](C)C)C=CC1=C2c1cccc(I)c1. The van der Waals surface area contributed by atoms with Crippen LogP contribution in [-0.4, -0.2) is 46.6 Å². The van der Waals surface area contributed by atoms with E-state index in [2.05, 4.69) is 134 Å². The van der Waals surface area contributed by atoms with Crippen molar-refractivity contribution in [1.82, 2.24) is 0 Å². The van der Waals surface area contributed by atoms with Crippen molar-refractivity contribution in [3.8, 4) is 0 Å². The van der Waals surface area contributed by atoms with Gasteiger partial charge in [0.15, 0.2) is 5.71 Å². The van der Waals surface area contributed by atoms with Crippen LogP contribution in [0.1, 0.15) is 11.1 Å². The number of fused-ring (bicyclic) bond motifs is 2. The molecule has 2 aromatic rings. The van der Waals surface area contributed by atoms with Gasteiger partial charge >= 0.3 is 0 Å². The van der Waals surface area contributed by atoms with E-state index in [0.717, 1.165) is 0 Å². The van der Waals surface area contributed by atoms with Gasteiger partial charge in [0.05, 0.1) is 0 Å². The van der Waals surface area contributed by atoms with Crippen molar-refractivity contribution in [1.29, 1.82) is 0 Å². The van der Waals surface area contributed by atoms with Crippen molar-refractivity contribution in [2.75, 3.05) is 33.1 Å². The van der Waals surface area contributed by atoms with Crippen molar-refractivity contribution in [2.45, 2.75) is 13.1 Å². The van der Waals surface area contributed by atoms with Gasteiger partial charge in [0.2, 0.25) is 0 Å². The Labute approximate surface area is 189 Å². The highest BCUT2D eigenvalue weighted by molar-refractivity contribution is 14.1. The average Bonchev–Trinajstić information content (AvgIpc) is 2.67. The summed E-state index contributed by atoms with van der Waals surface area (Å²) >= 11 is 2.42. The van der Waals surface area contributed by atoms with Crippen LogP contribution in [0.25, 0.3) is 5.57 Å². The van der Waals surface area contributed by atoms with Crippen molar-refractivity contribution >= 4 is 52.8 Å².